The molecule has 0 unspecified atom stereocenters. The highest BCUT2D eigenvalue weighted by Gasteiger charge is 1.51. The maximum absolute atomic E-state index is 9.05. The SMILES string of the molecule is CCC.NCC=O.[HH]. The quantitative estimate of drug-likeness (QED) is 0.501. The number of hydrogen-bond acceptors (Lipinski definition) is 2. The van der Waals surface area contributed by atoms with Crippen molar-refractivity contribution in [1.29, 1.82) is 0 Å². The molecule has 0 heterocycles. The zero-order valence-corrected chi connectivity index (χ0v) is 4.98. The van der Waals surface area contributed by atoms with Crippen molar-refractivity contribution in [3.05, 3.63) is 0 Å². The van der Waals surface area contributed by atoms with E-state index in [-0.39, 0.29) is 7.97 Å². The van der Waals surface area contributed by atoms with Crippen LogP contribution in [0, 0.1) is 0 Å². The maximum Gasteiger partial charge on any atom is 0.133 e. The third-order valence-electron chi connectivity index (χ3n) is 0.0962. The van der Waals surface area contributed by atoms with E-state index in [4.69, 9.17) is 4.79 Å². The average Bonchev–Trinajstić information content (AvgIpc) is 1.69. The molecule has 7 heavy (non-hydrogen) atoms. The van der Waals surface area contributed by atoms with Crippen molar-refractivity contribution in [2.45, 2.75) is 20.3 Å². The van der Waals surface area contributed by atoms with Crippen LogP contribution in [0.25, 0.3) is 0 Å². The van der Waals surface area contributed by atoms with Crippen LogP contribution in [-0.4, -0.2) is 12.8 Å². The number of hydrogen-bond donors (Lipinski definition) is 1. The molecular formula is C5H15NO. The van der Waals surface area contributed by atoms with E-state index in [0.29, 0.717) is 6.29 Å². The molecule has 0 aliphatic carbocycles. The van der Waals surface area contributed by atoms with Crippen LogP contribution in [0.5, 0.6) is 0 Å². The van der Waals surface area contributed by atoms with Gasteiger partial charge in [-0.25, -0.2) is 0 Å². The fourth-order valence-electron chi connectivity index (χ4n) is 0. The molecule has 0 fully saturated rings. The van der Waals surface area contributed by atoms with Crippen molar-refractivity contribution in [1.82, 2.24) is 0 Å². The lowest BCUT2D eigenvalue weighted by Gasteiger charge is -1.55. The van der Waals surface area contributed by atoms with Crippen molar-refractivity contribution < 1.29 is 6.22 Å². The normalized spacial score (nSPS) is 6.14. The molecule has 0 radical (unpaired) electrons. The van der Waals surface area contributed by atoms with Crippen LogP contribution < -0.4 is 5.73 Å². The van der Waals surface area contributed by atoms with E-state index in [0.717, 1.165) is 0 Å². The van der Waals surface area contributed by atoms with Crippen molar-refractivity contribution in [3.8, 4) is 0 Å². The van der Waals surface area contributed by atoms with Gasteiger partial charge in [0, 0.05) is 7.97 Å². The summed E-state index contributed by atoms with van der Waals surface area (Å²) in [7, 11) is 0. The van der Waals surface area contributed by atoms with Gasteiger partial charge in [0.2, 0.25) is 0 Å². The molecule has 0 amide bonds. The topological polar surface area (TPSA) is 43.1 Å². The van der Waals surface area contributed by atoms with Gasteiger partial charge in [-0.3, -0.25) is 0 Å². The summed E-state index contributed by atoms with van der Waals surface area (Å²) in [5.41, 5.74) is 4.66. The minimum Gasteiger partial charge on any atom is -0.324 e. The van der Waals surface area contributed by atoms with E-state index in [9.17, 15) is 0 Å². The molecule has 0 atom stereocenters. The number of carbonyl (C=O) groups is 1. The van der Waals surface area contributed by atoms with Crippen LogP contribution in [0.15, 0.2) is 0 Å². The van der Waals surface area contributed by atoms with Crippen LogP contribution >= 0.6 is 0 Å². The number of carbonyl (C=O) groups excluding carboxylic acids is 1. The first-order chi connectivity index (χ1) is 3.33. The Balaban J connectivity index is -0.0000000575. The van der Waals surface area contributed by atoms with Gasteiger partial charge in [0.1, 0.15) is 6.29 Å². The van der Waals surface area contributed by atoms with E-state index in [1.807, 2.05) is 0 Å². The standard InChI is InChI=1S/C3H8.C2H5NO.H2/c1-3-2;3-1-2-4;/h3H2,1-2H3;2H,1,3H2;1H. The summed E-state index contributed by atoms with van der Waals surface area (Å²) in [6.45, 7) is 4.39. The Morgan fingerprint density at radius 1 is 1.71 bits per heavy atom. The van der Waals surface area contributed by atoms with Crippen LogP contribution in [0.1, 0.15) is 21.7 Å². The number of rotatable bonds is 1. The third-order valence-corrected chi connectivity index (χ3v) is 0.0962. The summed E-state index contributed by atoms with van der Waals surface area (Å²) in [6.07, 6.45) is 1.90. The lowest BCUT2D eigenvalue weighted by molar-refractivity contribution is -0.106. The third kappa shape index (κ3) is 187. The van der Waals surface area contributed by atoms with E-state index in [1.165, 1.54) is 6.42 Å². The molecule has 0 rings (SSSR count). The van der Waals surface area contributed by atoms with Crippen LogP contribution in [0.3, 0.4) is 0 Å². The van der Waals surface area contributed by atoms with Crippen LogP contribution in [-0.2, 0) is 4.79 Å². The number of nitrogens with two attached hydrogens (primary N) is 1. The Morgan fingerprint density at radius 3 is 1.86 bits per heavy atom. The highest BCUT2D eigenvalue weighted by Crippen LogP contribution is 1.56. The van der Waals surface area contributed by atoms with Gasteiger partial charge < -0.3 is 10.5 Å². The molecule has 0 spiro atoms. The van der Waals surface area contributed by atoms with Gasteiger partial charge in [0.15, 0.2) is 0 Å². The Hall–Kier alpha value is -0.370. The first kappa shape index (κ1) is 9.80. The first-order valence-corrected chi connectivity index (χ1v) is 2.47. The second-order valence-corrected chi connectivity index (χ2v) is 1.11. The minimum absolute atomic E-state index is 0. The van der Waals surface area contributed by atoms with Gasteiger partial charge in [-0.05, 0) is 0 Å². The predicted molar refractivity (Wildman–Crippen MR) is 33.2 cm³/mol. The van der Waals surface area contributed by atoms with Gasteiger partial charge in [0.25, 0.3) is 0 Å². The molecule has 0 bridgehead atoms. The Bertz CT molecular complexity index is 33.6. The lowest BCUT2D eigenvalue weighted by atomic mass is 10.6. The Labute approximate surface area is 46.2 Å². The Kier molecular flexibility index (Phi) is 24.4. The van der Waals surface area contributed by atoms with Gasteiger partial charge in [-0.2, -0.15) is 0 Å². The molecule has 0 aromatic heterocycles. The highest BCUT2D eigenvalue weighted by molar-refractivity contribution is 5.51. The van der Waals surface area contributed by atoms with Gasteiger partial charge in [-0.1, -0.05) is 20.3 Å². The molecule has 0 saturated carbocycles. The van der Waals surface area contributed by atoms with Crippen LogP contribution in [0.2, 0.25) is 0 Å². The molecule has 0 aromatic carbocycles. The first-order valence-electron chi connectivity index (χ1n) is 2.47. The zero-order chi connectivity index (χ0) is 6.12. The van der Waals surface area contributed by atoms with Gasteiger partial charge in [-0.15, -0.1) is 0 Å². The summed E-state index contributed by atoms with van der Waals surface area (Å²) in [4.78, 5) is 9.05. The number of aldehydes is 1. The summed E-state index contributed by atoms with van der Waals surface area (Å²) in [5.74, 6) is 0. The molecule has 46 valence electrons. The fraction of sp³-hybridized carbons (Fsp3) is 0.800. The summed E-state index contributed by atoms with van der Waals surface area (Å²) in [5, 5.41) is 0. The van der Waals surface area contributed by atoms with Gasteiger partial charge >= 0.3 is 0 Å². The largest absolute Gasteiger partial charge is 0.324 e. The van der Waals surface area contributed by atoms with Gasteiger partial charge in [0.05, 0.1) is 0 Å². The smallest absolute Gasteiger partial charge is 0.133 e. The van der Waals surface area contributed by atoms with E-state index in [2.05, 4.69) is 19.6 Å². The monoisotopic (exact) mass is 105 g/mol. The second kappa shape index (κ2) is 17.4. The maximum atomic E-state index is 9.05. The molecule has 2 N–H and O–H groups in total. The van der Waals surface area contributed by atoms with E-state index < -0.39 is 0 Å². The minimum atomic E-state index is 0. The van der Waals surface area contributed by atoms with Crippen LogP contribution in [0.4, 0.5) is 0 Å². The summed E-state index contributed by atoms with van der Waals surface area (Å²) < 4.78 is 0. The van der Waals surface area contributed by atoms with E-state index >= 15 is 0 Å². The molecule has 0 aromatic rings. The molecule has 0 aliphatic rings. The average molecular weight is 105 g/mol. The molecule has 0 saturated heterocycles. The van der Waals surface area contributed by atoms with E-state index in [1.54, 1.807) is 0 Å². The summed E-state index contributed by atoms with van der Waals surface area (Å²) >= 11 is 0. The Morgan fingerprint density at radius 2 is 1.86 bits per heavy atom. The van der Waals surface area contributed by atoms with Crippen molar-refractivity contribution in [2.75, 3.05) is 6.54 Å². The summed E-state index contributed by atoms with van der Waals surface area (Å²) in [6, 6.07) is 0. The predicted octanol–water partition coefficient (Wildman–Crippen LogP) is 0.806. The molecule has 0 aliphatic heterocycles. The molecule has 2 heteroatoms. The zero-order valence-electron chi connectivity index (χ0n) is 4.98. The molecular weight excluding hydrogens is 90.1 g/mol. The lowest BCUT2D eigenvalue weighted by Crippen LogP contribution is -1.97. The fourth-order valence-corrected chi connectivity index (χ4v) is 0. The van der Waals surface area contributed by atoms with Crippen molar-refractivity contribution in [2.24, 2.45) is 5.73 Å². The second-order valence-electron chi connectivity index (χ2n) is 1.11. The molecule has 2 nitrogen and oxygen atoms in total. The van der Waals surface area contributed by atoms with Crippen molar-refractivity contribution in [3.63, 3.8) is 0 Å². The van der Waals surface area contributed by atoms with Crippen molar-refractivity contribution >= 4 is 6.29 Å². The highest BCUT2D eigenvalue weighted by atomic mass is 16.1.